The maximum absolute atomic E-state index is 14.2. The van der Waals surface area contributed by atoms with Gasteiger partial charge in [0.15, 0.2) is 11.6 Å². The third-order valence-electron chi connectivity index (χ3n) is 6.54. The van der Waals surface area contributed by atoms with Gasteiger partial charge in [-0.25, -0.2) is 8.78 Å². The fourth-order valence-corrected chi connectivity index (χ4v) is 4.61. The van der Waals surface area contributed by atoms with E-state index >= 15 is 0 Å². The molecule has 4 rings (SSSR count). The summed E-state index contributed by atoms with van der Waals surface area (Å²) in [5, 5.41) is 2.01. The fraction of sp³-hybridized carbons (Fsp3) is 0.219. The molecule has 0 radical (unpaired) electrons. The summed E-state index contributed by atoms with van der Waals surface area (Å²) in [5.74, 6) is -1.52. The fourth-order valence-electron chi connectivity index (χ4n) is 4.51. The highest BCUT2D eigenvalue weighted by molar-refractivity contribution is 7.78. The van der Waals surface area contributed by atoms with Crippen molar-refractivity contribution < 1.29 is 8.78 Å². The van der Waals surface area contributed by atoms with Crippen molar-refractivity contribution in [3.63, 3.8) is 0 Å². The molecule has 0 aliphatic heterocycles. The summed E-state index contributed by atoms with van der Waals surface area (Å²) in [5.41, 5.74) is 7.89. The lowest BCUT2D eigenvalue weighted by molar-refractivity contribution is 0.588. The Morgan fingerprint density at radius 2 is 1.28 bits per heavy atom. The highest BCUT2D eigenvalue weighted by Gasteiger charge is 2.12. The van der Waals surface area contributed by atoms with E-state index in [1.165, 1.54) is 60.1 Å². The largest absolute Gasteiger partial charge is 0.204 e. The van der Waals surface area contributed by atoms with Gasteiger partial charge in [0.25, 0.3) is 0 Å². The molecular weight excluding hydrogens is 468 g/mol. The quantitative estimate of drug-likeness (QED) is 0.127. The van der Waals surface area contributed by atoms with Crippen LogP contribution in [0.3, 0.4) is 0 Å². The number of benzene rings is 4. The van der Waals surface area contributed by atoms with Crippen LogP contribution in [0, 0.1) is 18.6 Å². The average Bonchev–Trinajstić information content (AvgIpc) is 2.89. The molecule has 0 unspecified atom stereocenters. The Balaban J connectivity index is 1.51. The van der Waals surface area contributed by atoms with Crippen LogP contribution in [0.2, 0.25) is 0 Å². The monoisotopic (exact) mass is 497 g/mol. The molecule has 0 N–H and O–H groups in total. The Morgan fingerprint density at radius 1 is 0.694 bits per heavy atom. The molecule has 36 heavy (non-hydrogen) atoms. The lowest BCUT2D eigenvalue weighted by Crippen LogP contribution is -1.89. The second-order valence-electron chi connectivity index (χ2n) is 9.11. The summed E-state index contributed by atoms with van der Waals surface area (Å²) in [7, 11) is 0. The Morgan fingerprint density at radius 3 is 1.89 bits per heavy atom. The molecule has 0 saturated carbocycles. The van der Waals surface area contributed by atoms with Crippen LogP contribution in [0.25, 0.3) is 33.4 Å². The van der Waals surface area contributed by atoms with Gasteiger partial charge in [0, 0.05) is 0 Å². The zero-order chi connectivity index (χ0) is 25.5. The first-order chi connectivity index (χ1) is 17.5. The lowest BCUT2D eigenvalue weighted by Gasteiger charge is -2.11. The van der Waals surface area contributed by atoms with Crippen LogP contribution in [-0.2, 0) is 6.42 Å². The summed E-state index contributed by atoms with van der Waals surface area (Å²) in [6.07, 6.45) is 6.25. The van der Waals surface area contributed by atoms with Crippen LogP contribution < -0.4 is 0 Å². The Kier molecular flexibility index (Phi) is 8.53. The number of isothiocyanates is 1. The molecule has 182 valence electrons. The molecule has 0 aliphatic rings. The molecular formula is C32H29F2NS. The van der Waals surface area contributed by atoms with Gasteiger partial charge in [-0.3, -0.25) is 0 Å². The number of hydrogen-bond donors (Lipinski definition) is 0. The first-order valence-corrected chi connectivity index (χ1v) is 12.8. The van der Waals surface area contributed by atoms with E-state index in [0.717, 1.165) is 23.1 Å². The molecule has 0 bridgehead atoms. The van der Waals surface area contributed by atoms with Gasteiger partial charge >= 0.3 is 0 Å². The van der Waals surface area contributed by atoms with E-state index in [2.05, 4.69) is 73.5 Å². The van der Waals surface area contributed by atoms with E-state index in [1.807, 2.05) is 29.4 Å². The first kappa shape index (κ1) is 25.6. The van der Waals surface area contributed by atoms with E-state index in [-0.39, 0.29) is 0 Å². The van der Waals surface area contributed by atoms with E-state index in [9.17, 15) is 8.78 Å². The maximum atomic E-state index is 14.2. The summed E-state index contributed by atoms with van der Waals surface area (Å²) < 4.78 is 28.5. The summed E-state index contributed by atoms with van der Waals surface area (Å²) >= 11 is 4.46. The Bertz CT molecular complexity index is 1360. The summed E-state index contributed by atoms with van der Waals surface area (Å²) in [6, 6.07) is 25.6. The smallest absolute Gasteiger partial charge is 0.153 e. The molecule has 0 spiro atoms. The minimum atomic E-state index is -0.762. The molecule has 0 amide bonds. The van der Waals surface area contributed by atoms with Crippen molar-refractivity contribution in [3.05, 3.63) is 102 Å². The average molecular weight is 498 g/mol. The van der Waals surface area contributed by atoms with Crippen LogP contribution >= 0.6 is 12.2 Å². The Labute approximate surface area is 217 Å². The zero-order valence-electron chi connectivity index (χ0n) is 20.7. The van der Waals surface area contributed by atoms with Gasteiger partial charge in [0.2, 0.25) is 0 Å². The number of aryl methyl sites for hydroxylation is 2. The molecule has 0 aromatic heterocycles. The molecule has 1 nitrogen and oxygen atoms in total. The summed E-state index contributed by atoms with van der Waals surface area (Å²) in [6.45, 7) is 4.34. The number of rotatable bonds is 9. The second-order valence-corrected chi connectivity index (χ2v) is 9.29. The minimum absolute atomic E-state index is 0.414. The van der Waals surface area contributed by atoms with Crippen LogP contribution in [0.15, 0.2) is 83.9 Å². The van der Waals surface area contributed by atoms with Gasteiger partial charge in [-0.05, 0) is 88.6 Å². The minimum Gasteiger partial charge on any atom is -0.204 e. The number of hydrogen-bond acceptors (Lipinski definition) is 2. The lowest BCUT2D eigenvalue weighted by atomic mass is 9.94. The van der Waals surface area contributed by atoms with E-state index in [1.54, 1.807) is 0 Å². The number of unbranched alkanes of at least 4 members (excludes halogenated alkanes) is 3. The van der Waals surface area contributed by atoms with Crippen molar-refractivity contribution in [2.45, 2.75) is 46.0 Å². The highest BCUT2D eigenvalue weighted by Crippen LogP contribution is 2.32. The predicted octanol–water partition coefficient (Wildman–Crippen LogP) is 10.1. The topological polar surface area (TPSA) is 12.4 Å². The van der Waals surface area contributed by atoms with Crippen LogP contribution in [0.4, 0.5) is 14.5 Å². The van der Waals surface area contributed by atoms with Gasteiger partial charge < -0.3 is 0 Å². The number of halogens is 2. The van der Waals surface area contributed by atoms with Crippen molar-refractivity contribution in [2.24, 2.45) is 4.99 Å². The van der Waals surface area contributed by atoms with Crippen molar-refractivity contribution in [1.82, 2.24) is 0 Å². The second kappa shape index (κ2) is 12.0. The number of thiocarbonyl (C=S) groups is 1. The third kappa shape index (κ3) is 6.02. The zero-order valence-corrected chi connectivity index (χ0v) is 21.5. The molecule has 0 heterocycles. The molecule has 0 saturated heterocycles. The molecule has 4 aromatic carbocycles. The molecule has 0 atom stereocenters. The third-order valence-corrected chi connectivity index (χ3v) is 6.63. The number of aliphatic imine (C=N–C) groups is 1. The van der Waals surface area contributed by atoms with E-state index < -0.39 is 17.3 Å². The normalized spacial score (nSPS) is 10.8. The summed E-state index contributed by atoms with van der Waals surface area (Å²) in [4.78, 5) is 3.47. The molecule has 4 heteroatoms. The van der Waals surface area contributed by atoms with Crippen molar-refractivity contribution >= 4 is 23.1 Å². The standard InChI is InChI=1S/C32H29F2NS/c1-3-4-5-6-7-23-8-10-24(11-9-23)27-16-17-29(22(2)18-27)26-14-12-25(13-15-26)28-19-30(33)32(35-21-36)31(34)20-28/h8-20H,3-7H2,1-2H3. The van der Waals surface area contributed by atoms with Gasteiger partial charge in [0.1, 0.15) is 5.69 Å². The van der Waals surface area contributed by atoms with Gasteiger partial charge in [-0.15, -0.1) is 0 Å². The van der Waals surface area contributed by atoms with E-state index in [0.29, 0.717) is 5.56 Å². The van der Waals surface area contributed by atoms with Crippen LogP contribution in [0.5, 0.6) is 0 Å². The van der Waals surface area contributed by atoms with Gasteiger partial charge in [0.05, 0.1) is 5.16 Å². The van der Waals surface area contributed by atoms with Crippen molar-refractivity contribution in [3.8, 4) is 33.4 Å². The first-order valence-electron chi connectivity index (χ1n) is 12.4. The van der Waals surface area contributed by atoms with Crippen molar-refractivity contribution in [2.75, 3.05) is 0 Å². The molecule has 0 fully saturated rings. The van der Waals surface area contributed by atoms with Gasteiger partial charge in [-0.2, -0.15) is 4.99 Å². The Hall–Kier alpha value is -3.46. The predicted molar refractivity (Wildman–Crippen MR) is 150 cm³/mol. The molecule has 4 aromatic rings. The number of nitrogens with zero attached hydrogens (tertiary/aromatic N) is 1. The van der Waals surface area contributed by atoms with E-state index in [4.69, 9.17) is 0 Å². The van der Waals surface area contributed by atoms with Crippen LogP contribution in [-0.4, -0.2) is 5.16 Å². The maximum Gasteiger partial charge on any atom is 0.153 e. The highest BCUT2D eigenvalue weighted by atomic mass is 32.1. The molecule has 0 aliphatic carbocycles. The van der Waals surface area contributed by atoms with Gasteiger partial charge in [-0.1, -0.05) is 92.9 Å². The van der Waals surface area contributed by atoms with Crippen LogP contribution in [0.1, 0.15) is 43.7 Å². The SMILES string of the molecule is CCCCCCc1ccc(-c2ccc(-c3ccc(-c4cc(F)c(N=C=S)c(F)c4)cc3)c(C)c2)cc1. The van der Waals surface area contributed by atoms with Crippen molar-refractivity contribution in [1.29, 1.82) is 0 Å².